The van der Waals surface area contributed by atoms with Gasteiger partial charge in [-0.25, -0.2) is 4.79 Å². The second-order valence-corrected chi connectivity index (χ2v) is 8.38. The maximum atomic E-state index is 13.2. The van der Waals surface area contributed by atoms with Crippen molar-refractivity contribution < 1.29 is 24.3 Å². The molecule has 3 amide bonds. The van der Waals surface area contributed by atoms with Crippen molar-refractivity contribution in [1.82, 2.24) is 16.0 Å². The van der Waals surface area contributed by atoms with Crippen LogP contribution in [0.15, 0.2) is 60.7 Å². The summed E-state index contributed by atoms with van der Waals surface area (Å²) >= 11 is 0. The monoisotopic (exact) mass is 482 g/mol. The molecule has 0 fully saturated rings. The molecule has 0 saturated heterocycles. The molecule has 0 bridgehead atoms. The van der Waals surface area contributed by atoms with Gasteiger partial charge in [0.05, 0.1) is 0 Å². The lowest BCUT2D eigenvalue weighted by molar-refractivity contribution is -0.142. The molecule has 2 aromatic carbocycles. The quantitative estimate of drug-likeness (QED) is 0.255. The summed E-state index contributed by atoms with van der Waals surface area (Å²) in [6, 6.07) is 15.0. The number of carbonyl (C=O) groups is 4. The van der Waals surface area contributed by atoms with Gasteiger partial charge in [-0.3, -0.25) is 14.4 Å². The van der Waals surface area contributed by atoms with Crippen LogP contribution in [-0.4, -0.2) is 53.5 Å². The van der Waals surface area contributed by atoms with E-state index >= 15 is 0 Å². The molecule has 0 radical (unpaired) electrons. The molecule has 0 aliphatic carbocycles. The molecule has 188 valence electrons. The number of amides is 3. The molecule has 35 heavy (non-hydrogen) atoms. The van der Waals surface area contributed by atoms with Crippen LogP contribution in [0.2, 0.25) is 0 Å². The Hall–Kier alpha value is -3.72. The van der Waals surface area contributed by atoms with Gasteiger partial charge in [0, 0.05) is 19.8 Å². The van der Waals surface area contributed by atoms with Crippen LogP contribution in [0.1, 0.15) is 37.3 Å². The summed E-state index contributed by atoms with van der Waals surface area (Å²) in [4.78, 5) is 49.7. The number of benzene rings is 2. The number of unbranched alkanes of at least 4 members (excludes halogenated alkanes) is 1. The molecule has 0 spiro atoms. The largest absolute Gasteiger partial charge is 0.480 e. The summed E-state index contributed by atoms with van der Waals surface area (Å²) in [6.45, 7) is 1.78. The normalized spacial score (nSPS) is 13.2. The molecule has 0 aliphatic heterocycles. The third kappa shape index (κ3) is 9.97. The van der Waals surface area contributed by atoms with E-state index in [1.165, 1.54) is 6.92 Å². The maximum absolute atomic E-state index is 13.2. The van der Waals surface area contributed by atoms with Crippen molar-refractivity contribution in [2.45, 2.75) is 57.2 Å². The molecule has 3 atom stereocenters. The highest BCUT2D eigenvalue weighted by Crippen LogP contribution is 2.08. The van der Waals surface area contributed by atoms with E-state index in [0.717, 1.165) is 11.1 Å². The molecule has 2 rings (SSSR count). The van der Waals surface area contributed by atoms with Crippen molar-refractivity contribution in [3.63, 3.8) is 0 Å². The highest BCUT2D eigenvalue weighted by Gasteiger charge is 2.29. The molecule has 2 aromatic rings. The lowest BCUT2D eigenvalue weighted by atomic mass is 10.0. The number of nitrogens with one attached hydrogen (secondary N) is 3. The first-order valence-electron chi connectivity index (χ1n) is 11.7. The number of hydrogen-bond acceptors (Lipinski definition) is 5. The van der Waals surface area contributed by atoms with E-state index in [2.05, 4.69) is 16.0 Å². The molecule has 0 heterocycles. The minimum absolute atomic E-state index is 0.0987. The van der Waals surface area contributed by atoms with E-state index < -0.39 is 35.9 Å². The Morgan fingerprint density at radius 1 is 0.743 bits per heavy atom. The van der Waals surface area contributed by atoms with Crippen molar-refractivity contribution in [2.24, 2.45) is 5.73 Å². The molecule has 0 unspecified atom stereocenters. The van der Waals surface area contributed by atoms with Crippen LogP contribution in [0.25, 0.3) is 0 Å². The Morgan fingerprint density at radius 2 is 1.23 bits per heavy atom. The Morgan fingerprint density at radius 3 is 1.71 bits per heavy atom. The van der Waals surface area contributed by atoms with Crippen LogP contribution >= 0.6 is 0 Å². The average molecular weight is 483 g/mol. The molecule has 0 aliphatic rings. The number of carboxylic acids is 1. The predicted octanol–water partition coefficient (Wildman–Crippen LogP) is 1.16. The van der Waals surface area contributed by atoms with Gasteiger partial charge in [0.1, 0.15) is 18.1 Å². The Bertz CT molecular complexity index is 968. The number of rotatable bonds is 14. The summed E-state index contributed by atoms with van der Waals surface area (Å²) in [5, 5.41) is 17.6. The first-order chi connectivity index (χ1) is 16.8. The number of aliphatic carboxylic acids is 1. The van der Waals surface area contributed by atoms with Gasteiger partial charge in [0.2, 0.25) is 17.7 Å². The van der Waals surface area contributed by atoms with Crippen molar-refractivity contribution >= 4 is 23.7 Å². The highest BCUT2D eigenvalue weighted by molar-refractivity contribution is 5.93. The summed E-state index contributed by atoms with van der Waals surface area (Å²) in [5.74, 6) is -2.67. The second kappa shape index (κ2) is 14.5. The fraction of sp³-hybridized carbons (Fsp3) is 0.385. The number of carboxylic acid groups (broad SMARTS) is 1. The zero-order chi connectivity index (χ0) is 25.6. The lowest BCUT2D eigenvalue weighted by Gasteiger charge is -2.24. The SMILES string of the molecule is CC(=O)N[C@H](CCCCN)C(=O)N[C@H](Cc1ccccc1)C(=O)N[C@H](Cc1ccccc1)C(=O)O. The molecule has 0 aromatic heterocycles. The predicted molar refractivity (Wildman–Crippen MR) is 132 cm³/mol. The van der Waals surface area contributed by atoms with Crippen molar-refractivity contribution in [1.29, 1.82) is 0 Å². The highest BCUT2D eigenvalue weighted by atomic mass is 16.4. The van der Waals surface area contributed by atoms with Gasteiger partial charge in [0.15, 0.2) is 0 Å². The third-order valence-electron chi connectivity index (χ3n) is 5.45. The lowest BCUT2D eigenvalue weighted by Crippen LogP contribution is -2.56. The molecule has 9 nitrogen and oxygen atoms in total. The first-order valence-corrected chi connectivity index (χ1v) is 11.7. The first kappa shape index (κ1) is 27.5. The topological polar surface area (TPSA) is 151 Å². The minimum atomic E-state index is -1.18. The van der Waals surface area contributed by atoms with E-state index in [-0.39, 0.29) is 18.7 Å². The van der Waals surface area contributed by atoms with E-state index in [4.69, 9.17) is 5.73 Å². The molecular weight excluding hydrogens is 448 g/mol. The van der Waals surface area contributed by atoms with Gasteiger partial charge in [-0.15, -0.1) is 0 Å². The van der Waals surface area contributed by atoms with Crippen molar-refractivity contribution in [2.75, 3.05) is 6.54 Å². The number of hydrogen-bond donors (Lipinski definition) is 5. The van der Waals surface area contributed by atoms with Gasteiger partial charge < -0.3 is 26.8 Å². The average Bonchev–Trinajstić information content (AvgIpc) is 2.83. The zero-order valence-electron chi connectivity index (χ0n) is 19.9. The zero-order valence-corrected chi connectivity index (χ0v) is 19.9. The second-order valence-electron chi connectivity index (χ2n) is 8.38. The summed E-state index contributed by atoms with van der Waals surface area (Å²) in [7, 11) is 0. The molecular formula is C26H34N4O5. The Kier molecular flexibility index (Phi) is 11.4. The van der Waals surface area contributed by atoms with Gasteiger partial charge >= 0.3 is 5.97 Å². The maximum Gasteiger partial charge on any atom is 0.326 e. The molecule has 9 heteroatoms. The van der Waals surface area contributed by atoms with Gasteiger partial charge in [0.25, 0.3) is 0 Å². The molecule has 6 N–H and O–H groups in total. The fourth-order valence-corrected chi connectivity index (χ4v) is 3.66. The Balaban J connectivity index is 2.19. The van der Waals surface area contributed by atoms with Crippen molar-refractivity contribution in [3.8, 4) is 0 Å². The van der Waals surface area contributed by atoms with E-state index in [1.807, 2.05) is 36.4 Å². The van der Waals surface area contributed by atoms with E-state index in [1.54, 1.807) is 24.3 Å². The van der Waals surface area contributed by atoms with Gasteiger partial charge in [-0.05, 0) is 36.9 Å². The Labute approximate surface area is 205 Å². The summed E-state index contributed by atoms with van der Waals surface area (Å²) in [5.41, 5.74) is 7.09. The van der Waals surface area contributed by atoms with E-state index in [0.29, 0.717) is 25.8 Å². The van der Waals surface area contributed by atoms with Crippen LogP contribution in [0.4, 0.5) is 0 Å². The summed E-state index contributed by atoms with van der Waals surface area (Å²) < 4.78 is 0. The number of nitrogens with two attached hydrogens (primary N) is 1. The minimum Gasteiger partial charge on any atom is -0.480 e. The third-order valence-corrected chi connectivity index (χ3v) is 5.45. The van der Waals surface area contributed by atoms with Crippen LogP contribution in [-0.2, 0) is 32.0 Å². The van der Waals surface area contributed by atoms with E-state index in [9.17, 15) is 24.3 Å². The molecule has 0 saturated carbocycles. The van der Waals surface area contributed by atoms with Crippen LogP contribution in [0.5, 0.6) is 0 Å². The number of carbonyl (C=O) groups excluding carboxylic acids is 3. The van der Waals surface area contributed by atoms with Crippen LogP contribution < -0.4 is 21.7 Å². The van der Waals surface area contributed by atoms with Crippen LogP contribution in [0, 0.1) is 0 Å². The fourth-order valence-electron chi connectivity index (χ4n) is 3.66. The summed E-state index contributed by atoms with van der Waals surface area (Å²) in [6.07, 6.45) is 1.95. The standard InChI is InChI=1S/C26H34N4O5/c1-18(31)28-21(14-8-9-15-27)24(32)29-22(16-19-10-4-2-5-11-19)25(33)30-23(26(34)35)17-20-12-6-3-7-13-20/h2-7,10-13,21-23H,8-9,14-17,27H2,1H3,(H,28,31)(H,29,32)(H,30,33)(H,34,35)/t21-,22-,23-/m1/s1. The van der Waals surface area contributed by atoms with Crippen molar-refractivity contribution in [3.05, 3.63) is 71.8 Å². The van der Waals surface area contributed by atoms with Gasteiger partial charge in [-0.2, -0.15) is 0 Å². The smallest absolute Gasteiger partial charge is 0.326 e. The van der Waals surface area contributed by atoms with Gasteiger partial charge in [-0.1, -0.05) is 60.7 Å². The van der Waals surface area contributed by atoms with Crippen LogP contribution in [0.3, 0.4) is 0 Å².